The third-order valence-corrected chi connectivity index (χ3v) is 4.07. The van der Waals surface area contributed by atoms with Crippen molar-refractivity contribution in [3.63, 3.8) is 0 Å². The monoisotopic (exact) mass is 362 g/mol. The first-order valence-electron chi connectivity index (χ1n) is 8.23. The second kappa shape index (κ2) is 10.6. The topological polar surface area (TPSA) is 77.5 Å². The van der Waals surface area contributed by atoms with E-state index < -0.39 is 0 Å². The summed E-state index contributed by atoms with van der Waals surface area (Å²) in [7, 11) is 0. The zero-order valence-corrected chi connectivity index (χ0v) is 15.0. The van der Waals surface area contributed by atoms with Gasteiger partial charge in [0, 0.05) is 17.6 Å². The Morgan fingerprint density at radius 1 is 1.16 bits per heavy atom. The van der Waals surface area contributed by atoms with Crippen LogP contribution in [0.25, 0.3) is 0 Å². The summed E-state index contributed by atoms with van der Waals surface area (Å²) in [6, 6.07) is 8.89. The maximum absolute atomic E-state index is 12.0. The van der Waals surface area contributed by atoms with Gasteiger partial charge in [-0.2, -0.15) is 0 Å². The standard InChI is InChI=1S/C18H22N2O4S/c1-2-3-9-23-10-11-24-16(21)12-15-13-25-18(19-15)20-17(22)14-7-5-4-6-8-14/h4-8,13H,2-3,9-12H2,1H3,(H,19,20,22). The molecule has 0 saturated carbocycles. The fourth-order valence-electron chi connectivity index (χ4n) is 1.97. The molecule has 1 N–H and O–H groups in total. The molecule has 1 amide bonds. The lowest BCUT2D eigenvalue weighted by Gasteiger charge is -2.05. The van der Waals surface area contributed by atoms with Crippen LogP contribution in [0.4, 0.5) is 5.13 Å². The van der Waals surface area contributed by atoms with E-state index in [1.54, 1.807) is 29.6 Å². The summed E-state index contributed by atoms with van der Waals surface area (Å²) < 4.78 is 10.4. The molecule has 25 heavy (non-hydrogen) atoms. The Morgan fingerprint density at radius 2 is 1.96 bits per heavy atom. The van der Waals surface area contributed by atoms with Gasteiger partial charge in [-0.15, -0.1) is 11.3 Å². The van der Waals surface area contributed by atoms with E-state index in [1.807, 2.05) is 6.07 Å². The molecule has 1 heterocycles. The summed E-state index contributed by atoms with van der Waals surface area (Å²) in [5, 5.41) is 4.91. The first kappa shape index (κ1) is 19.1. The fraction of sp³-hybridized carbons (Fsp3) is 0.389. The molecule has 0 unspecified atom stereocenters. The molecule has 1 aromatic heterocycles. The second-order valence-corrected chi connectivity index (χ2v) is 6.19. The van der Waals surface area contributed by atoms with Crippen molar-refractivity contribution in [2.24, 2.45) is 0 Å². The van der Waals surface area contributed by atoms with Crippen LogP contribution in [-0.4, -0.2) is 36.7 Å². The van der Waals surface area contributed by atoms with Crippen LogP contribution in [0, 0.1) is 0 Å². The Labute approximate surface area is 151 Å². The van der Waals surface area contributed by atoms with Crippen LogP contribution in [0.2, 0.25) is 0 Å². The van der Waals surface area contributed by atoms with Gasteiger partial charge >= 0.3 is 5.97 Å². The summed E-state index contributed by atoms with van der Waals surface area (Å²) in [5.41, 5.74) is 1.13. The second-order valence-electron chi connectivity index (χ2n) is 5.33. The van der Waals surface area contributed by atoms with Gasteiger partial charge in [-0.3, -0.25) is 14.9 Å². The zero-order valence-electron chi connectivity index (χ0n) is 14.2. The van der Waals surface area contributed by atoms with Crippen molar-refractivity contribution in [2.45, 2.75) is 26.2 Å². The number of nitrogens with zero attached hydrogens (tertiary/aromatic N) is 1. The van der Waals surface area contributed by atoms with Gasteiger partial charge in [0.05, 0.1) is 18.7 Å². The third-order valence-electron chi connectivity index (χ3n) is 3.27. The summed E-state index contributed by atoms with van der Waals surface area (Å²) in [4.78, 5) is 28.0. The minimum absolute atomic E-state index is 0.0761. The highest BCUT2D eigenvalue weighted by Crippen LogP contribution is 2.17. The van der Waals surface area contributed by atoms with Crippen molar-refractivity contribution in [1.82, 2.24) is 4.98 Å². The van der Waals surface area contributed by atoms with Crippen LogP contribution in [-0.2, 0) is 20.7 Å². The van der Waals surface area contributed by atoms with Crippen LogP contribution >= 0.6 is 11.3 Å². The fourth-order valence-corrected chi connectivity index (χ4v) is 2.67. The van der Waals surface area contributed by atoms with E-state index in [0.29, 0.717) is 29.6 Å². The van der Waals surface area contributed by atoms with Crippen molar-refractivity contribution in [3.05, 3.63) is 47.0 Å². The molecule has 7 heteroatoms. The Kier molecular flexibility index (Phi) is 8.08. The highest BCUT2D eigenvalue weighted by molar-refractivity contribution is 7.14. The van der Waals surface area contributed by atoms with Gasteiger partial charge in [-0.05, 0) is 18.6 Å². The molecule has 0 bridgehead atoms. The predicted molar refractivity (Wildman–Crippen MR) is 96.9 cm³/mol. The molecule has 2 rings (SSSR count). The number of hydrogen-bond acceptors (Lipinski definition) is 6. The highest BCUT2D eigenvalue weighted by Gasteiger charge is 2.11. The van der Waals surface area contributed by atoms with E-state index in [2.05, 4.69) is 17.2 Å². The molecule has 1 aromatic carbocycles. The molecule has 6 nitrogen and oxygen atoms in total. The van der Waals surface area contributed by atoms with Gasteiger partial charge in [0.2, 0.25) is 0 Å². The van der Waals surface area contributed by atoms with Crippen molar-refractivity contribution in [1.29, 1.82) is 0 Å². The van der Waals surface area contributed by atoms with E-state index in [1.165, 1.54) is 11.3 Å². The number of benzene rings is 1. The summed E-state index contributed by atoms with van der Waals surface area (Å²) >= 11 is 1.28. The van der Waals surface area contributed by atoms with Crippen molar-refractivity contribution < 1.29 is 19.1 Å². The molecule has 2 aromatic rings. The summed E-state index contributed by atoms with van der Waals surface area (Å²) in [6.07, 6.45) is 2.16. The van der Waals surface area contributed by atoms with Gasteiger partial charge in [-0.1, -0.05) is 31.5 Å². The van der Waals surface area contributed by atoms with E-state index in [4.69, 9.17) is 9.47 Å². The predicted octanol–water partition coefficient (Wildman–Crippen LogP) is 3.30. The lowest BCUT2D eigenvalue weighted by molar-refractivity contribution is -0.144. The Morgan fingerprint density at radius 3 is 2.72 bits per heavy atom. The first-order chi connectivity index (χ1) is 12.2. The number of nitrogens with one attached hydrogen (secondary N) is 1. The Bertz CT molecular complexity index is 673. The minimum Gasteiger partial charge on any atom is -0.463 e. The number of esters is 1. The van der Waals surface area contributed by atoms with Crippen LogP contribution in [0.15, 0.2) is 35.7 Å². The molecule has 0 radical (unpaired) electrons. The number of amides is 1. The first-order valence-corrected chi connectivity index (χ1v) is 9.11. The molecule has 0 fully saturated rings. The quantitative estimate of drug-likeness (QED) is 0.518. The van der Waals surface area contributed by atoms with Gasteiger partial charge < -0.3 is 9.47 Å². The third kappa shape index (κ3) is 7.03. The van der Waals surface area contributed by atoms with Crippen molar-refractivity contribution >= 4 is 28.3 Å². The number of carbonyl (C=O) groups excluding carboxylic acids is 2. The molecule has 0 atom stereocenters. The van der Waals surface area contributed by atoms with Gasteiger partial charge in [0.25, 0.3) is 5.91 Å². The Balaban J connectivity index is 1.72. The van der Waals surface area contributed by atoms with E-state index in [9.17, 15) is 9.59 Å². The summed E-state index contributed by atoms with van der Waals surface area (Å²) in [6.45, 7) is 3.42. The average molecular weight is 362 g/mol. The van der Waals surface area contributed by atoms with E-state index in [-0.39, 0.29) is 24.9 Å². The molecule has 0 saturated heterocycles. The molecular weight excluding hydrogens is 340 g/mol. The minimum atomic E-state index is -0.356. The highest BCUT2D eigenvalue weighted by atomic mass is 32.1. The van der Waals surface area contributed by atoms with Crippen LogP contribution in [0.1, 0.15) is 35.8 Å². The molecular formula is C18H22N2O4S. The molecule has 0 aliphatic heterocycles. The number of hydrogen-bond donors (Lipinski definition) is 1. The van der Waals surface area contributed by atoms with Gasteiger partial charge in [0.15, 0.2) is 5.13 Å². The molecule has 0 aliphatic carbocycles. The van der Waals surface area contributed by atoms with Crippen molar-refractivity contribution in [3.8, 4) is 0 Å². The number of aromatic nitrogens is 1. The number of rotatable bonds is 10. The smallest absolute Gasteiger partial charge is 0.311 e. The summed E-state index contributed by atoms with van der Waals surface area (Å²) in [5.74, 6) is -0.585. The molecule has 0 spiro atoms. The Hall–Kier alpha value is -2.25. The van der Waals surface area contributed by atoms with Crippen molar-refractivity contribution in [2.75, 3.05) is 25.1 Å². The number of thiazole rings is 1. The largest absolute Gasteiger partial charge is 0.463 e. The number of ether oxygens (including phenoxy) is 2. The number of anilines is 1. The normalized spacial score (nSPS) is 10.4. The van der Waals surface area contributed by atoms with E-state index in [0.717, 1.165) is 12.8 Å². The van der Waals surface area contributed by atoms with Crippen LogP contribution < -0.4 is 5.32 Å². The lowest BCUT2D eigenvalue weighted by Crippen LogP contribution is -2.14. The number of carbonyl (C=O) groups is 2. The lowest BCUT2D eigenvalue weighted by atomic mass is 10.2. The van der Waals surface area contributed by atoms with E-state index >= 15 is 0 Å². The van der Waals surface area contributed by atoms with Crippen LogP contribution in [0.5, 0.6) is 0 Å². The maximum Gasteiger partial charge on any atom is 0.311 e. The SMILES string of the molecule is CCCCOCCOC(=O)Cc1csc(NC(=O)c2ccccc2)n1. The number of unbranched alkanes of at least 4 members (excludes halogenated alkanes) is 1. The van der Waals surface area contributed by atoms with Gasteiger partial charge in [-0.25, -0.2) is 4.98 Å². The van der Waals surface area contributed by atoms with Gasteiger partial charge in [0.1, 0.15) is 6.61 Å². The average Bonchev–Trinajstić information content (AvgIpc) is 3.05. The molecule has 0 aliphatic rings. The molecule has 134 valence electrons. The maximum atomic E-state index is 12.0. The zero-order chi connectivity index (χ0) is 17.9. The van der Waals surface area contributed by atoms with Crippen LogP contribution in [0.3, 0.4) is 0 Å².